The van der Waals surface area contributed by atoms with Crippen molar-refractivity contribution < 1.29 is 0 Å². The Morgan fingerprint density at radius 2 is 1.85 bits per heavy atom. The monoisotopic (exact) mass is 270 g/mol. The predicted molar refractivity (Wildman–Crippen MR) is 82.7 cm³/mol. The number of aromatic nitrogens is 2. The zero-order valence-electron chi connectivity index (χ0n) is 12.6. The van der Waals surface area contributed by atoms with Crippen molar-refractivity contribution in [3.05, 3.63) is 52.6 Å². The zero-order valence-corrected chi connectivity index (χ0v) is 12.6. The van der Waals surface area contributed by atoms with E-state index in [1.807, 2.05) is 39.0 Å². The molecule has 0 saturated carbocycles. The highest BCUT2D eigenvalue weighted by molar-refractivity contribution is 5.55. The van der Waals surface area contributed by atoms with Crippen LogP contribution in [-0.2, 0) is 13.1 Å². The molecule has 0 saturated heterocycles. The molecule has 2 aromatic heterocycles. The van der Waals surface area contributed by atoms with Gasteiger partial charge in [-0.2, -0.15) is 0 Å². The van der Waals surface area contributed by atoms with E-state index in [4.69, 9.17) is 5.73 Å². The summed E-state index contributed by atoms with van der Waals surface area (Å²) in [5.74, 6) is 0. The molecule has 0 spiro atoms. The van der Waals surface area contributed by atoms with Crippen molar-refractivity contribution >= 4 is 5.69 Å². The fourth-order valence-electron chi connectivity index (χ4n) is 2.44. The van der Waals surface area contributed by atoms with Crippen LogP contribution in [-0.4, -0.2) is 17.0 Å². The second-order valence-corrected chi connectivity index (χ2v) is 5.18. The van der Waals surface area contributed by atoms with Gasteiger partial charge in [-0.05, 0) is 39.0 Å². The van der Waals surface area contributed by atoms with Gasteiger partial charge in [0.25, 0.3) is 0 Å². The van der Waals surface area contributed by atoms with Gasteiger partial charge in [0, 0.05) is 41.9 Å². The fourth-order valence-corrected chi connectivity index (χ4v) is 2.44. The van der Waals surface area contributed by atoms with Crippen LogP contribution in [0.3, 0.4) is 0 Å². The molecule has 2 N–H and O–H groups in total. The Kier molecular flexibility index (Phi) is 4.35. The van der Waals surface area contributed by atoms with Crippen LogP contribution in [0.25, 0.3) is 0 Å². The van der Waals surface area contributed by atoms with Crippen LogP contribution in [0.1, 0.15) is 28.3 Å². The van der Waals surface area contributed by atoms with Gasteiger partial charge < -0.3 is 10.6 Å². The lowest BCUT2D eigenvalue weighted by atomic mass is 10.1. The Bertz CT molecular complexity index is 607. The Labute approximate surface area is 120 Å². The van der Waals surface area contributed by atoms with E-state index in [9.17, 15) is 0 Å². The van der Waals surface area contributed by atoms with E-state index in [2.05, 4.69) is 28.0 Å². The molecule has 4 heteroatoms. The normalized spacial score (nSPS) is 10.7. The van der Waals surface area contributed by atoms with Crippen LogP contribution in [0.15, 0.2) is 24.3 Å². The number of nitrogens with two attached hydrogens (primary N) is 1. The molecule has 2 heterocycles. The van der Waals surface area contributed by atoms with E-state index in [1.54, 1.807) is 0 Å². The minimum absolute atomic E-state index is 0.500. The van der Waals surface area contributed by atoms with Crippen molar-refractivity contribution in [2.75, 3.05) is 11.9 Å². The quantitative estimate of drug-likeness (QED) is 0.927. The van der Waals surface area contributed by atoms with Gasteiger partial charge in [0.15, 0.2) is 0 Å². The third kappa shape index (κ3) is 3.14. The molecule has 0 amide bonds. The number of rotatable bonds is 4. The summed E-state index contributed by atoms with van der Waals surface area (Å²) >= 11 is 0. The Morgan fingerprint density at radius 1 is 1.10 bits per heavy atom. The first-order valence-electron chi connectivity index (χ1n) is 6.82. The number of aryl methyl sites for hydroxylation is 3. The molecule has 0 radical (unpaired) electrons. The summed E-state index contributed by atoms with van der Waals surface area (Å²) in [6, 6.07) is 8.19. The molecular formula is C16H22N4. The Balaban J connectivity index is 2.31. The molecule has 2 aromatic rings. The fraction of sp³-hybridized carbons (Fsp3) is 0.375. The number of anilines is 1. The lowest BCUT2D eigenvalue weighted by molar-refractivity contribution is 0.854. The summed E-state index contributed by atoms with van der Waals surface area (Å²) in [5, 5.41) is 0. The van der Waals surface area contributed by atoms with Gasteiger partial charge in [-0.1, -0.05) is 6.07 Å². The highest BCUT2D eigenvalue weighted by Gasteiger charge is 2.12. The minimum Gasteiger partial charge on any atom is -0.368 e. The van der Waals surface area contributed by atoms with Crippen LogP contribution in [0, 0.1) is 20.8 Å². The summed E-state index contributed by atoms with van der Waals surface area (Å²) in [5.41, 5.74) is 12.2. The molecule has 0 fully saturated rings. The largest absolute Gasteiger partial charge is 0.368 e. The van der Waals surface area contributed by atoms with Crippen molar-refractivity contribution in [3.8, 4) is 0 Å². The van der Waals surface area contributed by atoms with Crippen LogP contribution in [0.5, 0.6) is 0 Å². The molecule has 0 unspecified atom stereocenters. The average molecular weight is 270 g/mol. The molecule has 0 atom stereocenters. The maximum absolute atomic E-state index is 5.87. The molecule has 0 aliphatic rings. The molecule has 0 aliphatic carbocycles. The van der Waals surface area contributed by atoms with Crippen molar-refractivity contribution in [1.82, 2.24) is 9.97 Å². The molecule has 0 aliphatic heterocycles. The summed E-state index contributed by atoms with van der Waals surface area (Å²) in [7, 11) is 2.07. The van der Waals surface area contributed by atoms with Gasteiger partial charge in [-0.15, -0.1) is 0 Å². The van der Waals surface area contributed by atoms with Gasteiger partial charge in [0.2, 0.25) is 0 Å². The number of nitrogens with zero attached hydrogens (tertiary/aromatic N) is 3. The van der Waals surface area contributed by atoms with E-state index in [0.29, 0.717) is 6.54 Å². The lowest BCUT2D eigenvalue weighted by Gasteiger charge is -2.23. The van der Waals surface area contributed by atoms with Crippen LogP contribution in [0.4, 0.5) is 5.69 Å². The molecule has 4 nitrogen and oxygen atoms in total. The van der Waals surface area contributed by atoms with E-state index in [0.717, 1.165) is 40.6 Å². The lowest BCUT2D eigenvalue weighted by Crippen LogP contribution is -2.21. The molecule has 2 rings (SSSR count). The Morgan fingerprint density at radius 3 is 2.50 bits per heavy atom. The molecule has 0 aromatic carbocycles. The van der Waals surface area contributed by atoms with E-state index < -0.39 is 0 Å². The topological polar surface area (TPSA) is 55.0 Å². The molecular weight excluding hydrogens is 248 g/mol. The summed E-state index contributed by atoms with van der Waals surface area (Å²) in [6.45, 7) is 7.29. The van der Waals surface area contributed by atoms with Gasteiger partial charge >= 0.3 is 0 Å². The van der Waals surface area contributed by atoms with Gasteiger partial charge in [0.05, 0.1) is 12.2 Å². The van der Waals surface area contributed by atoms with Crippen LogP contribution < -0.4 is 10.6 Å². The van der Waals surface area contributed by atoms with Crippen LogP contribution >= 0.6 is 0 Å². The molecule has 20 heavy (non-hydrogen) atoms. The van der Waals surface area contributed by atoms with Crippen molar-refractivity contribution in [3.63, 3.8) is 0 Å². The summed E-state index contributed by atoms with van der Waals surface area (Å²) < 4.78 is 0. The van der Waals surface area contributed by atoms with Crippen LogP contribution in [0.2, 0.25) is 0 Å². The average Bonchev–Trinajstić information content (AvgIpc) is 2.37. The number of pyridine rings is 2. The van der Waals surface area contributed by atoms with E-state index in [-0.39, 0.29) is 0 Å². The van der Waals surface area contributed by atoms with Crippen molar-refractivity contribution in [2.45, 2.75) is 33.9 Å². The van der Waals surface area contributed by atoms with E-state index >= 15 is 0 Å². The SMILES string of the molecule is Cc1cccc(CN(C)c2cc(C)nc(C)c2CN)n1. The predicted octanol–water partition coefficient (Wildman–Crippen LogP) is 2.50. The maximum atomic E-state index is 5.87. The number of hydrogen-bond acceptors (Lipinski definition) is 4. The highest BCUT2D eigenvalue weighted by atomic mass is 15.1. The van der Waals surface area contributed by atoms with Crippen molar-refractivity contribution in [1.29, 1.82) is 0 Å². The second kappa shape index (κ2) is 6.01. The molecule has 0 bridgehead atoms. The summed E-state index contributed by atoms with van der Waals surface area (Å²) in [4.78, 5) is 11.2. The Hall–Kier alpha value is -1.94. The zero-order chi connectivity index (χ0) is 14.7. The third-order valence-corrected chi connectivity index (χ3v) is 3.40. The first-order chi connectivity index (χ1) is 9.51. The van der Waals surface area contributed by atoms with Gasteiger partial charge in [-0.25, -0.2) is 0 Å². The highest BCUT2D eigenvalue weighted by Crippen LogP contribution is 2.23. The number of hydrogen-bond donors (Lipinski definition) is 1. The molecule has 106 valence electrons. The minimum atomic E-state index is 0.500. The first kappa shape index (κ1) is 14.5. The smallest absolute Gasteiger partial charge is 0.0600 e. The van der Waals surface area contributed by atoms with Gasteiger partial charge in [0.1, 0.15) is 0 Å². The first-order valence-corrected chi connectivity index (χ1v) is 6.82. The summed E-state index contributed by atoms with van der Waals surface area (Å²) in [6.07, 6.45) is 0. The maximum Gasteiger partial charge on any atom is 0.0600 e. The third-order valence-electron chi connectivity index (χ3n) is 3.40. The van der Waals surface area contributed by atoms with Gasteiger partial charge in [-0.3, -0.25) is 9.97 Å². The van der Waals surface area contributed by atoms with E-state index in [1.165, 1.54) is 0 Å². The van der Waals surface area contributed by atoms with Crippen molar-refractivity contribution in [2.24, 2.45) is 5.73 Å². The second-order valence-electron chi connectivity index (χ2n) is 5.18. The standard InChI is InChI=1S/C16H22N4/c1-11-6-5-7-14(19-11)10-20(4)16-8-12(2)18-13(3)15(16)9-17/h5-8H,9-10,17H2,1-4H3.